The summed E-state index contributed by atoms with van der Waals surface area (Å²) in [7, 11) is 1.57. The molecule has 0 saturated carbocycles. The van der Waals surface area contributed by atoms with Crippen molar-refractivity contribution in [2.75, 3.05) is 19.0 Å². The van der Waals surface area contributed by atoms with E-state index in [0.717, 1.165) is 10.2 Å². The Morgan fingerprint density at radius 3 is 2.57 bits per heavy atom. The molecular weight excluding hydrogens is 412 g/mol. The van der Waals surface area contributed by atoms with E-state index in [-0.39, 0.29) is 19.0 Å². The van der Waals surface area contributed by atoms with Crippen molar-refractivity contribution in [2.24, 2.45) is 0 Å². The molecule has 0 fully saturated rings. The maximum atomic E-state index is 12.5. The lowest BCUT2D eigenvalue weighted by molar-refractivity contribution is 0.245. The number of methoxy groups -OCH3 is 1. The van der Waals surface area contributed by atoms with Crippen LogP contribution in [0.4, 0.5) is 10.5 Å². The summed E-state index contributed by atoms with van der Waals surface area (Å²) in [5, 5.41) is 19.2. The summed E-state index contributed by atoms with van der Waals surface area (Å²) in [6.07, 6.45) is 0.317. The number of benzene rings is 2. The number of carbonyl (C=O) groups excluding carboxylic acids is 1. The minimum atomic E-state index is -0.724. The second-order valence-electron chi connectivity index (χ2n) is 6.36. The van der Waals surface area contributed by atoms with Gasteiger partial charge in [-0.1, -0.05) is 23.7 Å². The minimum Gasteiger partial charge on any atom is -0.497 e. The summed E-state index contributed by atoms with van der Waals surface area (Å²) in [6.45, 7) is -0.270. The van der Waals surface area contributed by atoms with Crippen molar-refractivity contribution in [1.29, 1.82) is 0 Å². The highest BCUT2D eigenvalue weighted by molar-refractivity contribution is 6.30. The molecule has 3 N–H and O–H groups in total. The second-order valence-corrected chi connectivity index (χ2v) is 6.80. The highest BCUT2D eigenvalue weighted by Gasteiger charge is 2.22. The highest BCUT2D eigenvalue weighted by atomic mass is 35.5. The zero-order valence-electron chi connectivity index (χ0n) is 16.2. The molecule has 158 valence electrons. The Balaban J connectivity index is 1.80. The van der Waals surface area contributed by atoms with Gasteiger partial charge in [-0.2, -0.15) is 4.68 Å². The number of aromatic nitrogens is 2. The van der Waals surface area contributed by atoms with Crippen LogP contribution in [0.5, 0.6) is 5.75 Å². The molecule has 2 aromatic carbocycles. The van der Waals surface area contributed by atoms with Gasteiger partial charge in [-0.05, 0) is 42.0 Å². The van der Waals surface area contributed by atoms with Gasteiger partial charge in [0.1, 0.15) is 11.8 Å². The SMILES string of the molecule is COc1ccc(CC(NC(=O)Nc2ccc(Cl)cc2)c2nn(CCO)c(=O)o2)cc1. The van der Waals surface area contributed by atoms with Gasteiger partial charge in [0, 0.05) is 17.1 Å². The number of anilines is 1. The van der Waals surface area contributed by atoms with Crippen LogP contribution in [-0.2, 0) is 13.0 Å². The van der Waals surface area contributed by atoms with Gasteiger partial charge in [0.25, 0.3) is 0 Å². The number of aliphatic hydroxyl groups excluding tert-OH is 1. The van der Waals surface area contributed by atoms with Gasteiger partial charge in [0.15, 0.2) is 0 Å². The zero-order valence-corrected chi connectivity index (χ0v) is 16.9. The lowest BCUT2D eigenvalue weighted by Crippen LogP contribution is -2.34. The summed E-state index contributed by atoms with van der Waals surface area (Å²) in [4.78, 5) is 24.5. The van der Waals surface area contributed by atoms with Crippen LogP contribution in [0.3, 0.4) is 0 Å². The van der Waals surface area contributed by atoms with E-state index >= 15 is 0 Å². The van der Waals surface area contributed by atoms with Crippen LogP contribution in [0.1, 0.15) is 17.5 Å². The fourth-order valence-corrected chi connectivity index (χ4v) is 2.88. The lowest BCUT2D eigenvalue weighted by Gasteiger charge is -2.16. The zero-order chi connectivity index (χ0) is 21.5. The Labute approximate surface area is 177 Å². The van der Waals surface area contributed by atoms with Crippen molar-refractivity contribution in [2.45, 2.75) is 19.0 Å². The van der Waals surface area contributed by atoms with Crippen LogP contribution in [0.15, 0.2) is 57.7 Å². The Hall–Kier alpha value is -3.30. The summed E-state index contributed by atoms with van der Waals surface area (Å²) < 4.78 is 11.4. The number of rotatable bonds is 8. The second kappa shape index (κ2) is 9.95. The third-order valence-corrected chi connectivity index (χ3v) is 4.49. The molecule has 3 aromatic rings. The topological polar surface area (TPSA) is 119 Å². The molecule has 0 bridgehead atoms. The van der Waals surface area contributed by atoms with E-state index in [9.17, 15) is 9.59 Å². The van der Waals surface area contributed by atoms with Crippen LogP contribution >= 0.6 is 11.6 Å². The standard InChI is InChI=1S/C20H21ClN4O5/c1-29-16-8-2-13(3-9-16)12-17(18-24-25(10-11-26)20(28)30-18)23-19(27)22-15-6-4-14(21)5-7-15/h2-9,17,26H,10-12H2,1H3,(H2,22,23,27). The molecule has 9 nitrogen and oxygen atoms in total. The molecule has 0 radical (unpaired) electrons. The first-order valence-electron chi connectivity index (χ1n) is 9.13. The number of aliphatic hydroxyl groups is 1. The number of nitrogens with zero attached hydrogens (tertiary/aromatic N) is 2. The van der Waals surface area contributed by atoms with Gasteiger partial charge in [-0.15, -0.1) is 5.10 Å². The summed E-state index contributed by atoms with van der Waals surface area (Å²) in [6, 6.07) is 12.7. The van der Waals surface area contributed by atoms with Gasteiger partial charge in [-0.25, -0.2) is 9.59 Å². The van der Waals surface area contributed by atoms with E-state index in [1.165, 1.54) is 0 Å². The fourth-order valence-electron chi connectivity index (χ4n) is 2.76. The number of carbonyl (C=O) groups is 1. The average Bonchev–Trinajstić information content (AvgIpc) is 3.10. The van der Waals surface area contributed by atoms with Crippen LogP contribution < -0.4 is 21.1 Å². The van der Waals surface area contributed by atoms with Crippen molar-refractivity contribution >= 4 is 23.3 Å². The number of hydrogen-bond acceptors (Lipinski definition) is 6. The molecule has 1 heterocycles. The molecule has 0 aliphatic rings. The monoisotopic (exact) mass is 432 g/mol. The van der Waals surface area contributed by atoms with Crippen molar-refractivity contribution in [1.82, 2.24) is 15.1 Å². The van der Waals surface area contributed by atoms with Gasteiger partial charge < -0.3 is 24.9 Å². The van der Waals surface area contributed by atoms with Crippen molar-refractivity contribution in [3.63, 3.8) is 0 Å². The summed E-state index contributed by atoms with van der Waals surface area (Å²) >= 11 is 5.86. The average molecular weight is 433 g/mol. The number of halogens is 1. The predicted octanol–water partition coefficient (Wildman–Crippen LogP) is 2.60. The smallest absolute Gasteiger partial charge is 0.437 e. The maximum Gasteiger partial charge on any atom is 0.437 e. The van der Waals surface area contributed by atoms with E-state index in [1.807, 2.05) is 12.1 Å². The molecule has 0 aliphatic carbocycles. The van der Waals surface area contributed by atoms with E-state index < -0.39 is 17.8 Å². The molecule has 3 rings (SSSR count). The maximum absolute atomic E-state index is 12.5. The molecular formula is C20H21ClN4O5. The van der Waals surface area contributed by atoms with Gasteiger partial charge in [0.05, 0.1) is 20.3 Å². The molecule has 30 heavy (non-hydrogen) atoms. The van der Waals surface area contributed by atoms with Crippen LogP contribution in [-0.4, -0.2) is 34.6 Å². The number of amides is 2. The van der Waals surface area contributed by atoms with E-state index in [1.54, 1.807) is 43.5 Å². The molecule has 0 saturated heterocycles. The van der Waals surface area contributed by atoms with Gasteiger partial charge in [-0.3, -0.25) is 0 Å². The Morgan fingerprint density at radius 2 is 1.93 bits per heavy atom. The van der Waals surface area contributed by atoms with E-state index in [2.05, 4.69) is 15.7 Å². The Morgan fingerprint density at radius 1 is 1.23 bits per heavy atom. The first-order valence-corrected chi connectivity index (χ1v) is 9.51. The Kier molecular flexibility index (Phi) is 7.10. The quantitative estimate of drug-likeness (QED) is 0.503. The lowest BCUT2D eigenvalue weighted by atomic mass is 10.1. The molecule has 0 spiro atoms. The van der Waals surface area contributed by atoms with Crippen molar-refractivity contribution in [3.8, 4) is 5.75 Å². The van der Waals surface area contributed by atoms with Gasteiger partial charge >= 0.3 is 11.8 Å². The van der Waals surface area contributed by atoms with Crippen LogP contribution in [0.25, 0.3) is 0 Å². The summed E-state index contributed by atoms with van der Waals surface area (Å²) in [5.74, 6) is 0.0247. The van der Waals surface area contributed by atoms with Gasteiger partial charge in [0.2, 0.25) is 5.89 Å². The normalized spacial score (nSPS) is 11.7. The molecule has 1 unspecified atom stereocenters. The number of ether oxygens (including phenoxy) is 1. The number of nitrogens with one attached hydrogen (secondary N) is 2. The number of urea groups is 1. The molecule has 10 heteroatoms. The van der Waals surface area contributed by atoms with Crippen molar-refractivity contribution < 1.29 is 19.1 Å². The first-order chi connectivity index (χ1) is 14.5. The van der Waals surface area contributed by atoms with E-state index in [4.69, 9.17) is 25.9 Å². The largest absolute Gasteiger partial charge is 0.497 e. The predicted molar refractivity (Wildman–Crippen MR) is 111 cm³/mol. The minimum absolute atomic E-state index is 0.00540. The fraction of sp³-hybridized carbons (Fsp3) is 0.250. The molecule has 0 aliphatic heterocycles. The molecule has 2 amide bonds. The first kappa shape index (κ1) is 21.4. The molecule has 1 atom stereocenters. The third kappa shape index (κ3) is 5.62. The van der Waals surface area contributed by atoms with Crippen LogP contribution in [0, 0.1) is 0 Å². The van der Waals surface area contributed by atoms with E-state index in [0.29, 0.717) is 22.9 Å². The summed E-state index contributed by atoms with van der Waals surface area (Å²) in [5.41, 5.74) is 1.42. The molecule has 1 aromatic heterocycles. The third-order valence-electron chi connectivity index (χ3n) is 4.24. The Bertz CT molecular complexity index is 1030. The van der Waals surface area contributed by atoms with Crippen LogP contribution in [0.2, 0.25) is 5.02 Å². The van der Waals surface area contributed by atoms with Crippen molar-refractivity contribution in [3.05, 3.63) is 75.6 Å². The number of hydrogen-bond donors (Lipinski definition) is 3. The highest BCUT2D eigenvalue weighted by Crippen LogP contribution is 2.19.